The molecule has 0 heterocycles. The fourth-order valence-corrected chi connectivity index (χ4v) is 2.65. The van der Waals surface area contributed by atoms with Gasteiger partial charge in [0.05, 0.1) is 0 Å². The molecule has 3 rings (SSSR count). The molecule has 0 fully saturated rings. The zero-order valence-corrected chi connectivity index (χ0v) is 15.4. The maximum Gasteiger partial charge on any atom is 0.262 e. The van der Waals surface area contributed by atoms with Gasteiger partial charge in [-0.3, -0.25) is 4.79 Å². The lowest BCUT2D eigenvalue weighted by molar-refractivity contribution is -0.118. The molecule has 138 valence electrons. The van der Waals surface area contributed by atoms with Crippen LogP contribution >= 0.6 is 0 Å². The summed E-state index contributed by atoms with van der Waals surface area (Å²) in [5, 5.41) is 2.83. The molecular weight excluding hydrogens is 338 g/mol. The Hall–Kier alpha value is -3.27. The Balaban J connectivity index is 1.48. The van der Waals surface area contributed by atoms with Gasteiger partial charge in [-0.15, -0.1) is 0 Å². The Morgan fingerprint density at radius 3 is 2.30 bits per heavy atom. The van der Waals surface area contributed by atoms with E-state index in [0.717, 1.165) is 29.0 Å². The van der Waals surface area contributed by atoms with Crippen LogP contribution in [0.25, 0.3) is 0 Å². The van der Waals surface area contributed by atoms with Crippen LogP contribution < -0.4 is 14.8 Å². The van der Waals surface area contributed by atoms with Gasteiger partial charge in [-0.05, 0) is 47.9 Å². The number of hydrogen-bond donors (Lipinski definition) is 1. The van der Waals surface area contributed by atoms with Crippen molar-refractivity contribution >= 4 is 11.6 Å². The Bertz CT molecular complexity index is 860. The first-order valence-corrected chi connectivity index (χ1v) is 9.02. The van der Waals surface area contributed by atoms with E-state index in [0.29, 0.717) is 12.3 Å². The van der Waals surface area contributed by atoms with Gasteiger partial charge in [0, 0.05) is 5.69 Å². The minimum absolute atomic E-state index is 0.0245. The van der Waals surface area contributed by atoms with Crippen molar-refractivity contribution in [2.75, 3.05) is 11.9 Å². The molecule has 0 saturated carbocycles. The van der Waals surface area contributed by atoms with E-state index in [9.17, 15) is 4.79 Å². The number of carbonyl (C=O) groups is 1. The Kier molecular flexibility index (Phi) is 6.47. The van der Waals surface area contributed by atoms with E-state index < -0.39 is 0 Å². The lowest BCUT2D eigenvalue weighted by atomic mass is 10.1. The summed E-state index contributed by atoms with van der Waals surface area (Å²) in [5.74, 6) is 1.31. The van der Waals surface area contributed by atoms with E-state index in [1.54, 1.807) is 0 Å². The third-order valence-corrected chi connectivity index (χ3v) is 4.10. The van der Waals surface area contributed by atoms with E-state index in [1.807, 2.05) is 78.9 Å². The molecular formula is C23H23NO3. The Labute approximate surface area is 159 Å². The molecule has 4 heteroatoms. The largest absolute Gasteiger partial charge is 0.489 e. The molecule has 0 aliphatic carbocycles. The van der Waals surface area contributed by atoms with Crippen molar-refractivity contribution < 1.29 is 14.3 Å². The molecule has 1 N–H and O–H groups in total. The van der Waals surface area contributed by atoms with Crippen molar-refractivity contribution in [3.63, 3.8) is 0 Å². The standard InChI is InChI=1S/C23H23NO3/c1-2-19-10-6-7-11-22(19)27-17-23(25)24-20-12-14-21(15-13-20)26-16-18-8-4-3-5-9-18/h3-15H,2,16-17H2,1H3,(H,24,25). The number of nitrogens with one attached hydrogen (secondary N) is 1. The van der Waals surface area contributed by atoms with Crippen molar-refractivity contribution in [1.82, 2.24) is 0 Å². The monoisotopic (exact) mass is 361 g/mol. The molecule has 0 saturated heterocycles. The number of carbonyl (C=O) groups excluding carboxylic acids is 1. The molecule has 3 aromatic carbocycles. The van der Waals surface area contributed by atoms with E-state index >= 15 is 0 Å². The number of ether oxygens (including phenoxy) is 2. The fourth-order valence-electron chi connectivity index (χ4n) is 2.65. The number of rotatable bonds is 8. The third-order valence-electron chi connectivity index (χ3n) is 4.10. The first-order valence-electron chi connectivity index (χ1n) is 9.02. The topological polar surface area (TPSA) is 47.6 Å². The molecule has 0 unspecified atom stereocenters. The van der Waals surface area contributed by atoms with Crippen LogP contribution in [0.2, 0.25) is 0 Å². The average Bonchev–Trinajstić information content (AvgIpc) is 2.72. The van der Waals surface area contributed by atoms with Gasteiger partial charge in [-0.25, -0.2) is 0 Å². The summed E-state index contributed by atoms with van der Waals surface area (Å²) in [5.41, 5.74) is 2.91. The molecule has 0 atom stereocenters. The number of hydrogen-bond acceptors (Lipinski definition) is 3. The van der Waals surface area contributed by atoms with Gasteiger partial charge in [0.1, 0.15) is 18.1 Å². The normalized spacial score (nSPS) is 10.3. The number of anilines is 1. The molecule has 3 aromatic rings. The number of benzene rings is 3. The lowest BCUT2D eigenvalue weighted by Crippen LogP contribution is -2.20. The lowest BCUT2D eigenvalue weighted by Gasteiger charge is -2.11. The second-order valence-corrected chi connectivity index (χ2v) is 6.10. The van der Waals surface area contributed by atoms with Gasteiger partial charge in [0.25, 0.3) is 5.91 Å². The van der Waals surface area contributed by atoms with Crippen LogP contribution in [0.3, 0.4) is 0 Å². The summed E-state index contributed by atoms with van der Waals surface area (Å²) in [6, 6.07) is 25.0. The second kappa shape index (κ2) is 9.43. The molecule has 27 heavy (non-hydrogen) atoms. The van der Waals surface area contributed by atoms with E-state index in [2.05, 4.69) is 12.2 Å². The Morgan fingerprint density at radius 1 is 0.852 bits per heavy atom. The van der Waals surface area contributed by atoms with Gasteiger partial charge < -0.3 is 14.8 Å². The average molecular weight is 361 g/mol. The molecule has 0 aliphatic heterocycles. The first-order chi connectivity index (χ1) is 13.2. The number of aryl methyl sites for hydroxylation is 1. The van der Waals surface area contributed by atoms with Crippen molar-refractivity contribution in [2.24, 2.45) is 0 Å². The van der Waals surface area contributed by atoms with Crippen LogP contribution in [0.1, 0.15) is 18.1 Å². The van der Waals surface area contributed by atoms with Crippen LogP contribution in [0.5, 0.6) is 11.5 Å². The van der Waals surface area contributed by atoms with Crippen LogP contribution in [-0.2, 0) is 17.8 Å². The summed E-state index contributed by atoms with van der Waals surface area (Å²) >= 11 is 0. The summed E-state index contributed by atoms with van der Waals surface area (Å²) in [6.07, 6.45) is 0.863. The first kappa shape index (κ1) is 18.5. The smallest absolute Gasteiger partial charge is 0.262 e. The van der Waals surface area contributed by atoms with Crippen molar-refractivity contribution in [3.8, 4) is 11.5 Å². The summed E-state index contributed by atoms with van der Waals surface area (Å²) < 4.78 is 11.4. The van der Waals surface area contributed by atoms with Crippen molar-refractivity contribution in [1.29, 1.82) is 0 Å². The van der Waals surface area contributed by atoms with Crippen LogP contribution in [0.15, 0.2) is 78.9 Å². The van der Waals surface area contributed by atoms with Gasteiger partial charge >= 0.3 is 0 Å². The van der Waals surface area contributed by atoms with E-state index in [1.165, 1.54) is 0 Å². The van der Waals surface area contributed by atoms with Crippen molar-refractivity contribution in [2.45, 2.75) is 20.0 Å². The highest BCUT2D eigenvalue weighted by Crippen LogP contribution is 2.19. The Morgan fingerprint density at radius 2 is 1.56 bits per heavy atom. The van der Waals surface area contributed by atoms with Gasteiger partial charge in [0.15, 0.2) is 6.61 Å². The predicted octanol–water partition coefficient (Wildman–Crippen LogP) is 4.85. The zero-order chi connectivity index (χ0) is 18.9. The quantitative estimate of drug-likeness (QED) is 0.624. The third kappa shape index (κ3) is 5.61. The molecule has 1 amide bonds. The van der Waals surface area contributed by atoms with Gasteiger partial charge in [-0.1, -0.05) is 55.5 Å². The maximum atomic E-state index is 12.1. The summed E-state index contributed by atoms with van der Waals surface area (Å²) in [4.78, 5) is 12.1. The van der Waals surface area contributed by atoms with Gasteiger partial charge in [0.2, 0.25) is 0 Å². The van der Waals surface area contributed by atoms with Crippen LogP contribution in [-0.4, -0.2) is 12.5 Å². The van der Waals surface area contributed by atoms with Gasteiger partial charge in [-0.2, -0.15) is 0 Å². The van der Waals surface area contributed by atoms with Crippen molar-refractivity contribution in [3.05, 3.63) is 90.0 Å². The van der Waals surface area contributed by atoms with E-state index in [-0.39, 0.29) is 12.5 Å². The van der Waals surface area contributed by atoms with Crippen LogP contribution in [0, 0.1) is 0 Å². The maximum absolute atomic E-state index is 12.1. The summed E-state index contributed by atoms with van der Waals surface area (Å²) in [7, 11) is 0. The summed E-state index contributed by atoms with van der Waals surface area (Å²) in [6.45, 7) is 2.55. The number of amides is 1. The highest BCUT2D eigenvalue weighted by molar-refractivity contribution is 5.91. The molecule has 4 nitrogen and oxygen atoms in total. The predicted molar refractivity (Wildman–Crippen MR) is 107 cm³/mol. The fraction of sp³-hybridized carbons (Fsp3) is 0.174. The molecule has 0 aromatic heterocycles. The minimum Gasteiger partial charge on any atom is -0.489 e. The highest BCUT2D eigenvalue weighted by Gasteiger charge is 2.06. The SMILES string of the molecule is CCc1ccccc1OCC(=O)Nc1ccc(OCc2ccccc2)cc1. The zero-order valence-electron chi connectivity index (χ0n) is 15.4. The van der Waals surface area contributed by atoms with Crippen LogP contribution in [0.4, 0.5) is 5.69 Å². The molecule has 0 bridgehead atoms. The minimum atomic E-state index is -0.195. The van der Waals surface area contributed by atoms with E-state index in [4.69, 9.17) is 9.47 Å². The molecule has 0 aliphatic rings. The highest BCUT2D eigenvalue weighted by atomic mass is 16.5. The molecule has 0 spiro atoms. The molecule has 0 radical (unpaired) electrons. The second-order valence-electron chi connectivity index (χ2n) is 6.10. The number of para-hydroxylation sites is 1.